The molecular formula is C26H24O5. The fourth-order valence-electron chi connectivity index (χ4n) is 3.68. The van der Waals surface area contributed by atoms with Crippen LogP contribution < -0.4 is 15.2 Å². The van der Waals surface area contributed by atoms with Gasteiger partial charge in [0.25, 0.3) is 0 Å². The Morgan fingerprint density at radius 1 is 0.903 bits per heavy atom. The van der Waals surface area contributed by atoms with Crippen molar-refractivity contribution in [1.82, 2.24) is 0 Å². The standard InChI is InChI=1S/C26H24O5/c1-14-8-6-7-9-20(14)23(22-15(2)10-11-21(27)18(22)5)26(30)31-24-16(3)12-19(25(28)29)13-17(24)4/h6-13,27H,2H2,1,3-5H3,(H,28,29)/b23-22-. The lowest BCUT2D eigenvalue weighted by Crippen LogP contribution is -2.33. The van der Waals surface area contributed by atoms with Gasteiger partial charge in [-0.05, 0) is 78.9 Å². The number of esters is 1. The van der Waals surface area contributed by atoms with Crippen LogP contribution in [0.4, 0.5) is 0 Å². The van der Waals surface area contributed by atoms with Crippen LogP contribution in [0, 0.1) is 27.7 Å². The van der Waals surface area contributed by atoms with Gasteiger partial charge in [0.2, 0.25) is 0 Å². The molecule has 0 fully saturated rings. The first-order chi connectivity index (χ1) is 14.6. The Hall–Kier alpha value is -3.86. The maximum absolute atomic E-state index is 13.5. The molecule has 0 radical (unpaired) electrons. The van der Waals surface area contributed by atoms with E-state index < -0.39 is 11.9 Å². The van der Waals surface area contributed by atoms with Crippen molar-refractivity contribution in [1.29, 1.82) is 0 Å². The summed E-state index contributed by atoms with van der Waals surface area (Å²) in [4.78, 5) is 24.8. The normalized spacial score (nSPS) is 11.7. The SMILES string of the molecule is C=c1ccc(O)c(C)/c1=C(\C(=O)Oc1c(C)cc(C(=O)O)cc1C)c1ccccc1C. The van der Waals surface area contributed by atoms with Crippen LogP contribution in [-0.4, -0.2) is 22.2 Å². The van der Waals surface area contributed by atoms with Crippen LogP contribution in [0.5, 0.6) is 11.5 Å². The fraction of sp³-hybridized carbons (Fsp3) is 0.154. The molecule has 0 heterocycles. The number of hydrogen-bond acceptors (Lipinski definition) is 4. The summed E-state index contributed by atoms with van der Waals surface area (Å²) >= 11 is 0. The molecule has 0 bridgehead atoms. The van der Waals surface area contributed by atoms with E-state index in [4.69, 9.17) is 4.74 Å². The van der Waals surface area contributed by atoms with E-state index in [2.05, 4.69) is 6.58 Å². The largest absolute Gasteiger partial charge is 0.508 e. The van der Waals surface area contributed by atoms with E-state index in [-0.39, 0.29) is 16.9 Å². The minimum atomic E-state index is -1.05. The number of phenolic OH excluding ortho intramolecular Hbond substituents is 1. The van der Waals surface area contributed by atoms with Gasteiger partial charge in [-0.2, -0.15) is 0 Å². The van der Waals surface area contributed by atoms with Crippen molar-refractivity contribution in [3.8, 4) is 11.5 Å². The molecule has 0 spiro atoms. The van der Waals surface area contributed by atoms with E-state index >= 15 is 0 Å². The number of carboxylic acid groups (broad SMARTS) is 1. The van der Waals surface area contributed by atoms with Crippen molar-refractivity contribution in [3.05, 3.63) is 92.3 Å². The highest BCUT2D eigenvalue weighted by molar-refractivity contribution is 6.17. The molecule has 0 aliphatic heterocycles. The highest BCUT2D eigenvalue weighted by Crippen LogP contribution is 2.27. The zero-order valence-corrected chi connectivity index (χ0v) is 17.9. The average molecular weight is 416 g/mol. The van der Waals surface area contributed by atoms with Crippen LogP contribution in [0.2, 0.25) is 0 Å². The quantitative estimate of drug-likeness (QED) is 0.502. The van der Waals surface area contributed by atoms with Crippen LogP contribution in [-0.2, 0) is 4.79 Å². The monoisotopic (exact) mass is 416 g/mol. The van der Waals surface area contributed by atoms with Gasteiger partial charge in [0.1, 0.15) is 11.5 Å². The molecule has 0 atom stereocenters. The van der Waals surface area contributed by atoms with Gasteiger partial charge in [0, 0.05) is 5.22 Å². The summed E-state index contributed by atoms with van der Waals surface area (Å²) < 4.78 is 5.81. The van der Waals surface area contributed by atoms with Gasteiger partial charge < -0.3 is 14.9 Å². The highest BCUT2D eigenvalue weighted by atomic mass is 16.5. The van der Waals surface area contributed by atoms with E-state index in [1.54, 1.807) is 32.9 Å². The second-order valence-electron chi connectivity index (χ2n) is 7.57. The summed E-state index contributed by atoms with van der Waals surface area (Å²) in [5, 5.41) is 20.6. The number of benzene rings is 3. The smallest absolute Gasteiger partial charge is 0.344 e. The number of ether oxygens (including phenoxy) is 1. The zero-order valence-electron chi connectivity index (χ0n) is 17.9. The molecule has 5 heteroatoms. The number of hydrogen-bond donors (Lipinski definition) is 2. The summed E-state index contributed by atoms with van der Waals surface area (Å²) in [6, 6.07) is 13.6. The predicted molar refractivity (Wildman–Crippen MR) is 120 cm³/mol. The van der Waals surface area contributed by atoms with Crippen molar-refractivity contribution >= 4 is 24.1 Å². The van der Waals surface area contributed by atoms with Gasteiger partial charge in [-0.15, -0.1) is 0 Å². The van der Waals surface area contributed by atoms with E-state index in [1.165, 1.54) is 12.1 Å². The topological polar surface area (TPSA) is 83.8 Å². The lowest BCUT2D eigenvalue weighted by molar-refractivity contribution is -0.128. The molecule has 0 aromatic heterocycles. The first-order valence-corrected chi connectivity index (χ1v) is 9.76. The van der Waals surface area contributed by atoms with Gasteiger partial charge in [-0.1, -0.05) is 36.9 Å². The van der Waals surface area contributed by atoms with Gasteiger partial charge in [-0.3, -0.25) is 0 Å². The third-order valence-corrected chi connectivity index (χ3v) is 5.29. The number of carbonyl (C=O) groups is 2. The molecule has 3 rings (SSSR count). The second-order valence-corrected chi connectivity index (χ2v) is 7.57. The summed E-state index contributed by atoms with van der Waals surface area (Å²) in [7, 11) is 0. The number of aromatic hydroxyl groups is 1. The Labute approximate surface area is 180 Å². The molecule has 0 aliphatic rings. The Kier molecular flexibility index (Phi) is 5.97. The highest BCUT2D eigenvalue weighted by Gasteiger charge is 2.22. The van der Waals surface area contributed by atoms with Gasteiger partial charge in [0.05, 0.1) is 11.1 Å². The van der Waals surface area contributed by atoms with E-state index in [0.717, 1.165) is 5.56 Å². The van der Waals surface area contributed by atoms with Gasteiger partial charge in [0.15, 0.2) is 0 Å². The van der Waals surface area contributed by atoms with E-state index in [1.807, 2.05) is 31.2 Å². The van der Waals surface area contributed by atoms with Crippen molar-refractivity contribution in [2.45, 2.75) is 27.7 Å². The van der Waals surface area contributed by atoms with Crippen molar-refractivity contribution in [2.24, 2.45) is 0 Å². The molecule has 2 N–H and O–H groups in total. The van der Waals surface area contributed by atoms with Crippen LogP contribution in [0.1, 0.15) is 38.2 Å². The zero-order chi connectivity index (χ0) is 22.9. The summed E-state index contributed by atoms with van der Waals surface area (Å²) in [6.07, 6.45) is 0. The lowest BCUT2D eigenvalue weighted by atomic mass is 9.95. The summed E-state index contributed by atoms with van der Waals surface area (Å²) in [5.41, 5.74) is 3.56. The number of aromatic carboxylic acids is 1. The molecule has 5 nitrogen and oxygen atoms in total. The van der Waals surface area contributed by atoms with Crippen molar-refractivity contribution in [2.75, 3.05) is 0 Å². The molecular weight excluding hydrogens is 392 g/mol. The molecule has 3 aromatic carbocycles. The number of carboxylic acids is 1. The number of carbonyl (C=O) groups excluding carboxylic acids is 1. The summed E-state index contributed by atoms with van der Waals surface area (Å²) in [5.74, 6) is -1.29. The average Bonchev–Trinajstić information content (AvgIpc) is 2.71. The van der Waals surface area contributed by atoms with Gasteiger partial charge in [-0.25, -0.2) is 9.59 Å². The molecule has 0 saturated carbocycles. The molecule has 0 amide bonds. The van der Waals surface area contributed by atoms with Crippen LogP contribution in [0.25, 0.3) is 12.2 Å². The molecule has 0 saturated heterocycles. The first kappa shape index (κ1) is 21.8. The van der Waals surface area contributed by atoms with E-state index in [0.29, 0.717) is 38.4 Å². The molecule has 3 aromatic rings. The number of phenols is 1. The lowest BCUT2D eigenvalue weighted by Gasteiger charge is -2.16. The first-order valence-electron chi connectivity index (χ1n) is 9.76. The minimum absolute atomic E-state index is 0.0551. The Morgan fingerprint density at radius 3 is 2.10 bits per heavy atom. The molecule has 0 aliphatic carbocycles. The predicted octanol–water partition coefficient (Wildman–Crippen LogP) is 3.54. The van der Waals surface area contributed by atoms with Crippen molar-refractivity contribution in [3.63, 3.8) is 0 Å². The third kappa shape index (κ3) is 4.21. The summed E-state index contributed by atoms with van der Waals surface area (Å²) in [6.45, 7) is 11.1. The van der Waals surface area contributed by atoms with Crippen LogP contribution in [0.3, 0.4) is 0 Å². The number of rotatable bonds is 4. The van der Waals surface area contributed by atoms with E-state index in [9.17, 15) is 19.8 Å². The van der Waals surface area contributed by atoms with Crippen LogP contribution in [0.15, 0.2) is 48.5 Å². The maximum atomic E-state index is 13.5. The van der Waals surface area contributed by atoms with Gasteiger partial charge >= 0.3 is 11.9 Å². The molecule has 31 heavy (non-hydrogen) atoms. The van der Waals surface area contributed by atoms with Crippen LogP contribution >= 0.6 is 0 Å². The Morgan fingerprint density at radius 2 is 1.52 bits per heavy atom. The minimum Gasteiger partial charge on any atom is -0.508 e. The third-order valence-electron chi connectivity index (χ3n) is 5.29. The molecule has 158 valence electrons. The van der Waals surface area contributed by atoms with Crippen molar-refractivity contribution < 1.29 is 24.5 Å². The molecule has 0 unspecified atom stereocenters. The Balaban J connectivity index is 2.28. The Bertz CT molecular complexity index is 1300. The second kappa shape index (κ2) is 8.48. The fourth-order valence-corrected chi connectivity index (χ4v) is 3.68. The number of aryl methyl sites for hydroxylation is 3. The maximum Gasteiger partial charge on any atom is 0.344 e.